The van der Waals surface area contributed by atoms with Crippen molar-refractivity contribution >= 4 is 22.6 Å². The molecule has 0 aliphatic carbocycles. The lowest BCUT2D eigenvalue weighted by atomic mass is 10.1. The van der Waals surface area contributed by atoms with Crippen molar-refractivity contribution in [2.24, 2.45) is 5.92 Å². The van der Waals surface area contributed by atoms with E-state index in [1.807, 2.05) is 0 Å². The molecule has 0 spiro atoms. The number of hydrogen-bond donors (Lipinski definition) is 0. The fraction of sp³-hybridized carbons (Fsp3) is 0.667. The van der Waals surface area contributed by atoms with Gasteiger partial charge in [0.1, 0.15) is 0 Å². The van der Waals surface area contributed by atoms with Crippen LogP contribution in [0.3, 0.4) is 0 Å². The van der Waals surface area contributed by atoms with Crippen LogP contribution in [-0.4, -0.2) is 0 Å². The lowest BCUT2D eigenvalue weighted by molar-refractivity contribution is 0.700. The molecule has 0 amide bonds. The quantitative estimate of drug-likeness (QED) is 0.614. The van der Waals surface area contributed by atoms with E-state index in [9.17, 15) is 0 Å². The van der Waals surface area contributed by atoms with Gasteiger partial charge < -0.3 is 0 Å². The zero-order chi connectivity index (χ0) is 5.70. The molecule has 7 heavy (non-hydrogen) atoms. The molecule has 0 fully saturated rings. The van der Waals surface area contributed by atoms with Crippen LogP contribution >= 0.6 is 22.6 Å². The average Bonchev–Trinajstić information content (AvgIpc) is 1.68. The topological polar surface area (TPSA) is 0 Å². The number of rotatable bonds is 2. The van der Waals surface area contributed by atoms with Gasteiger partial charge in [-0.05, 0) is 10.0 Å². The normalized spacial score (nSPS) is 15.3. The van der Waals surface area contributed by atoms with E-state index < -0.39 is 0 Å². The van der Waals surface area contributed by atoms with E-state index in [0.29, 0.717) is 0 Å². The first-order valence-electron chi connectivity index (χ1n) is 2.58. The van der Waals surface area contributed by atoms with Crippen LogP contribution in [0.15, 0.2) is 10.2 Å². The van der Waals surface area contributed by atoms with E-state index in [-0.39, 0.29) is 0 Å². The van der Waals surface area contributed by atoms with E-state index in [4.69, 9.17) is 0 Å². The predicted octanol–water partition coefficient (Wildman–Crippen LogP) is 2.98. The minimum Gasteiger partial charge on any atom is -0.0756 e. The van der Waals surface area contributed by atoms with Gasteiger partial charge in [0.15, 0.2) is 0 Å². The molecule has 0 radical (unpaired) electrons. The molecule has 0 aliphatic rings. The van der Waals surface area contributed by atoms with Crippen LogP contribution < -0.4 is 0 Å². The van der Waals surface area contributed by atoms with Crippen LogP contribution in [0.5, 0.6) is 0 Å². The summed E-state index contributed by atoms with van der Waals surface area (Å²) in [5.74, 6) is 0.761. The summed E-state index contributed by atoms with van der Waals surface area (Å²) in [6.07, 6.45) is 3.46. The molecule has 0 aliphatic heterocycles. The second-order valence-electron chi connectivity index (χ2n) is 1.70. The first-order chi connectivity index (χ1) is 3.31. The third-order valence-corrected chi connectivity index (χ3v) is 1.46. The van der Waals surface area contributed by atoms with Crippen LogP contribution in [0.1, 0.15) is 20.3 Å². The minimum atomic E-state index is 0.761. The molecule has 0 N–H and O–H groups in total. The van der Waals surface area contributed by atoms with Crippen LogP contribution in [0, 0.1) is 5.92 Å². The van der Waals surface area contributed by atoms with E-state index in [1.54, 1.807) is 0 Å². The Hall–Kier alpha value is 0.470. The monoisotopic (exact) mass is 210 g/mol. The summed E-state index contributed by atoms with van der Waals surface area (Å²) in [7, 11) is 0. The summed E-state index contributed by atoms with van der Waals surface area (Å²) < 4.78 is 2.08. The Balaban J connectivity index is 3.16. The third-order valence-electron chi connectivity index (χ3n) is 1.05. The molecule has 0 heterocycles. The number of halogens is 1. The summed E-state index contributed by atoms with van der Waals surface area (Å²) in [6.45, 7) is 4.41. The fourth-order valence-electron chi connectivity index (χ4n) is 0.260. The highest BCUT2D eigenvalue weighted by Gasteiger charge is 1.86. The highest BCUT2D eigenvalue weighted by molar-refractivity contribution is 14.1. The van der Waals surface area contributed by atoms with E-state index in [0.717, 1.165) is 5.92 Å². The molecule has 1 heteroatoms. The molecular weight excluding hydrogens is 199 g/mol. The van der Waals surface area contributed by atoms with Gasteiger partial charge in [0, 0.05) is 0 Å². The molecule has 42 valence electrons. The van der Waals surface area contributed by atoms with Crippen molar-refractivity contribution < 1.29 is 0 Å². The van der Waals surface area contributed by atoms with Crippen molar-refractivity contribution in [3.8, 4) is 0 Å². The van der Waals surface area contributed by atoms with Crippen molar-refractivity contribution in [3.05, 3.63) is 10.2 Å². The van der Waals surface area contributed by atoms with Crippen LogP contribution in [0.25, 0.3) is 0 Å². The van der Waals surface area contributed by atoms with Gasteiger partial charge in [-0.15, -0.1) is 0 Å². The molecule has 0 saturated carbocycles. The van der Waals surface area contributed by atoms with Crippen LogP contribution in [-0.2, 0) is 0 Å². The SMILES string of the molecule is CCC(C)/C=C/I. The Bertz CT molecular complexity index is 57.2. The maximum atomic E-state index is 2.25. The van der Waals surface area contributed by atoms with Gasteiger partial charge in [0.25, 0.3) is 0 Å². The van der Waals surface area contributed by atoms with Gasteiger partial charge in [0.2, 0.25) is 0 Å². The third kappa shape index (κ3) is 4.32. The van der Waals surface area contributed by atoms with E-state index in [1.165, 1.54) is 6.42 Å². The fourth-order valence-corrected chi connectivity index (χ4v) is 0.969. The highest BCUT2D eigenvalue weighted by Crippen LogP contribution is 2.02. The molecule has 0 aromatic heterocycles. The molecule has 0 nitrogen and oxygen atoms in total. The summed E-state index contributed by atoms with van der Waals surface area (Å²) in [5, 5.41) is 0. The van der Waals surface area contributed by atoms with Gasteiger partial charge in [-0.3, -0.25) is 0 Å². The summed E-state index contributed by atoms with van der Waals surface area (Å²) in [4.78, 5) is 0. The lowest BCUT2D eigenvalue weighted by Crippen LogP contribution is -1.81. The second kappa shape index (κ2) is 4.62. The Kier molecular flexibility index (Phi) is 4.94. The Morgan fingerprint density at radius 2 is 2.29 bits per heavy atom. The summed E-state index contributed by atoms with van der Waals surface area (Å²) >= 11 is 2.25. The zero-order valence-corrected chi connectivity index (χ0v) is 6.97. The zero-order valence-electron chi connectivity index (χ0n) is 4.82. The molecule has 0 aromatic rings. The van der Waals surface area contributed by atoms with Gasteiger partial charge >= 0.3 is 0 Å². The van der Waals surface area contributed by atoms with Crippen LogP contribution in [0.4, 0.5) is 0 Å². The maximum absolute atomic E-state index is 2.25. The Labute approximate surface area is 59.1 Å². The highest BCUT2D eigenvalue weighted by atomic mass is 127. The predicted molar refractivity (Wildman–Crippen MR) is 42.6 cm³/mol. The smallest absolute Gasteiger partial charge is 0.0257 e. The molecule has 0 aromatic carbocycles. The number of allylic oxidation sites excluding steroid dienone is 1. The minimum absolute atomic E-state index is 0.761. The van der Waals surface area contributed by atoms with Gasteiger partial charge in [0.05, 0.1) is 0 Å². The Morgan fingerprint density at radius 1 is 1.71 bits per heavy atom. The second-order valence-corrected chi connectivity index (χ2v) is 2.42. The van der Waals surface area contributed by atoms with Crippen molar-refractivity contribution in [2.75, 3.05) is 0 Å². The molecule has 0 rings (SSSR count). The van der Waals surface area contributed by atoms with Gasteiger partial charge in [-0.2, -0.15) is 0 Å². The van der Waals surface area contributed by atoms with Crippen LogP contribution in [0.2, 0.25) is 0 Å². The first kappa shape index (κ1) is 7.47. The Morgan fingerprint density at radius 3 is 2.43 bits per heavy atom. The maximum Gasteiger partial charge on any atom is -0.0257 e. The summed E-state index contributed by atoms with van der Waals surface area (Å²) in [6, 6.07) is 0. The van der Waals surface area contributed by atoms with E-state index in [2.05, 4.69) is 46.6 Å². The molecule has 0 saturated heterocycles. The van der Waals surface area contributed by atoms with Gasteiger partial charge in [-0.1, -0.05) is 48.9 Å². The largest absolute Gasteiger partial charge is 0.0756 e. The van der Waals surface area contributed by atoms with Crippen molar-refractivity contribution in [1.82, 2.24) is 0 Å². The van der Waals surface area contributed by atoms with Crippen molar-refractivity contribution in [3.63, 3.8) is 0 Å². The molecule has 1 unspecified atom stereocenters. The van der Waals surface area contributed by atoms with E-state index >= 15 is 0 Å². The standard InChI is InChI=1S/C6H11I/c1-3-6(2)4-5-7/h4-6H,3H2,1-2H3/b5-4+. The molecule has 1 atom stereocenters. The summed E-state index contributed by atoms with van der Waals surface area (Å²) in [5.41, 5.74) is 0. The lowest BCUT2D eigenvalue weighted by Gasteiger charge is -1.95. The first-order valence-corrected chi connectivity index (χ1v) is 3.82. The average molecular weight is 210 g/mol. The molecular formula is C6H11I. The van der Waals surface area contributed by atoms with Crippen molar-refractivity contribution in [2.45, 2.75) is 20.3 Å². The van der Waals surface area contributed by atoms with Gasteiger partial charge in [-0.25, -0.2) is 0 Å². The van der Waals surface area contributed by atoms with Crippen molar-refractivity contribution in [1.29, 1.82) is 0 Å². The molecule has 0 bridgehead atoms. The number of hydrogen-bond acceptors (Lipinski definition) is 0.